The summed E-state index contributed by atoms with van der Waals surface area (Å²) in [5.74, 6) is -0.791. The number of aliphatic hydroxyl groups excluding tert-OH is 1. The first-order chi connectivity index (χ1) is 10.6. The molecule has 0 spiro atoms. The number of rotatable bonds is 4. The minimum absolute atomic E-state index is 0.0592. The Bertz CT molecular complexity index is 687. The standard InChI is InChI=1S/C16H19F2N3O/c1-20(6-7-22)16-15-12(8-11(17)9-13(15)18)14(10-19-16)21-4-2-3-5-21/h8-10,22H,2-7H2,1H3. The second kappa shape index (κ2) is 6.04. The summed E-state index contributed by atoms with van der Waals surface area (Å²) < 4.78 is 28.1. The molecule has 0 saturated carbocycles. The molecule has 1 fully saturated rings. The van der Waals surface area contributed by atoms with Crippen LogP contribution in [0.2, 0.25) is 0 Å². The molecule has 22 heavy (non-hydrogen) atoms. The summed E-state index contributed by atoms with van der Waals surface area (Å²) in [7, 11) is 1.73. The van der Waals surface area contributed by atoms with Gasteiger partial charge < -0.3 is 14.9 Å². The molecule has 0 bridgehead atoms. The molecule has 2 aromatic rings. The first-order valence-electron chi connectivity index (χ1n) is 7.46. The van der Waals surface area contributed by atoms with E-state index in [-0.39, 0.29) is 6.61 Å². The molecule has 0 aliphatic carbocycles. The van der Waals surface area contributed by atoms with Crippen LogP contribution >= 0.6 is 0 Å². The highest BCUT2D eigenvalue weighted by Gasteiger charge is 2.21. The van der Waals surface area contributed by atoms with Gasteiger partial charge in [0.25, 0.3) is 0 Å². The maximum absolute atomic E-state index is 14.4. The SMILES string of the molecule is CN(CCO)c1ncc(N2CCCC2)c2cc(F)cc(F)c12. The van der Waals surface area contributed by atoms with Crippen LogP contribution in [-0.4, -0.2) is 43.4 Å². The van der Waals surface area contributed by atoms with Crippen molar-refractivity contribution in [3.05, 3.63) is 30.0 Å². The Kier molecular flexibility index (Phi) is 4.11. The largest absolute Gasteiger partial charge is 0.395 e. The van der Waals surface area contributed by atoms with Crippen molar-refractivity contribution in [2.24, 2.45) is 0 Å². The van der Waals surface area contributed by atoms with Gasteiger partial charge in [-0.3, -0.25) is 0 Å². The van der Waals surface area contributed by atoms with Crippen molar-refractivity contribution >= 4 is 22.3 Å². The number of hydrogen-bond acceptors (Lipinski definition) is 4. The van der Waals surface area contributed by atoms with Gasteiger partial charge in [-0.15, -0.1) is 0 Å². The molecule has 4 nitrogen and oxygen atoms in total. The van der Waals surface area contributed by atoms with Gasteiger partial charge in [-0.25, -0.2) is 13.8 Å². The lowest BCUT2D eigenvalue weighted by Crippen LogP contribution is -2.24. The molecule has 0 unspecified atom stereocenters. The van der Waals surface area contributed by atoms with Gasteiger partial charge in [-0.2, -0.15) is 0 Å². The molecular weight excluding hydrogens is 288 g/mol. The number of pyridine rings is 1. The Hall–Kier alpha value is -1.95. The van der Waals surface area contributed by atoms with E-state index in [1.54, 1.807) is 18.1 Å². The van der Waals surface area contributed by atoms with Crippen molar-refractivity contribution in [1.29, 1.82) is 0 Å². The van der Waals surface area contributed by atoms with Crippen molar-refractivity contribution in [2.75, 3.05) is 43.1 Å². The highest BCUT2D eigenvalue weighted by molar-refractivity contribution is 6.01. The van der Waals surface area contributed by atoms with Crippen molar-refractivity contribution in [1.82, 2.24) is 4.98 Å². The number of halogens is 2. The smallest absolute Gasteiger partial charge is 0.139 e. The summed E-state index contributed by atoms with van der Waals surface area (Å²) in [5, 5.41) is 9.92. The Morgan fingerprint density at radius 1 is 1.27 bits per heavy atom. The predicted molar refractivity (Wildman–Crippen MR) is 83.5 cm³/mol. The summed E-state index contributed by atoms with van der Waals surface area (Å²) in [5.41, 5.74) is 0.770. The Morgan fingerprint density at radius 3 is 2.68 bits per heavy atom. The Balaban J connectivity index is 2.21. The maximum atomic E-state index is 14.4. The van der Waals surface area contributed by atoms with Crippen LogP contribution in [0.5, 0.6) is 0 Å². The number of anilines is 2. The highest BCUT2D eigenvalue weighted by atomic mass is 19.1. The molecule has 1 aliphatic heterocycles. The van der Waals surface area contributed by atoms with Crippen LogP contribution in [-0.2, 0) is 0 Å². The lowest BCUT2D eigenvalue weighted by Gasteiger charge is -2.24. The van der Waals surface area contributed by atoms with E-state index in [4.69, 9.17) is 5.11 Å². The molecule has 1 saturated heterocycles. The average molecular weight is 307 g/mol. The molecule has 0 amide bonds. The van der Waals surface area contributed by atoms with Gasteiger partial charge in [0.15, 0.2) is 0 Å². The van der Waals surface area contributed by atoms with Crippen LogP contribution in [0.3, 0.4) is 0 Å². The monoisotopic (exact) mass is 307 g/mol. The number of aromatic nitrogens is 1. The summed E-state index contributed by atoms with van der Waals surface area (Å²) >= 11 is 0. The van der Waals surface area contributed by atoms with E-state index in [1.165, 1.54) is 6.07 Å². The fourth-order valence-electron chi connectivity index (χ4n) is 3.01. The van der Waals surface area contributed by atoms with Crippen LogP contribution in [0.1, 0.15) is 12.8 Å². The normalized spacial score (nSPS) is 14.8. The van der Waals surface area contributed by atoms with Gasteiger partial charge >= 0.3 is 0 Å². The molecule has 1 aromatic carbocycles. The summed E-state index contributed by atoms with van der Waals surface area (Å²) in [6.07, 6.45) is 3.83. The third-order valence-electron chi connectivity index (χ3n) is 4.11. The van der Waals surface area contributed by atoms with E-state index in [0.29, 0.717) is 23.1 Å². The van der Waals surface area contributed by atoms with E-state index in [0.717, 1.165) is 37.7 Å². The van der Waals surface area contributed by atoms with Gasteiger partial charge in [-0.05, 0) is 18.9 Å². The molecule has 1 N–H and O–H groups in total. The predicted octanol–water partition coefficient (Wildman–Crippen LogP) is 2.54. The number of hydrogen-bond donors (Lipinski definition) is 1. The fourth-order valence-corrected chi connectivity index (χ4v) is 3.01. The number of benzene rings is 1. The Morgan fingerprint density at radius 2 is 2.00 bits per heavy atom. The minimum Gasteiger partial charge on any atom is -0.395 e. The maximum Gasteiger partial charge on any atom is 0.139 e. The Labute approximate surface area is 128 Å². The third-order valence-corrected chi connectivity index (χ3v) is 4.11. The molecule has 3 rings (SSSR count). The van der Waals surface area contributed by atoms with Gasteiger partial charge in [0, 0.05) is 38.1 Å². The number of nitrogens with zero attached hydrogens (tertiary/aromatic N) is 3. The highest BCUT2D eigenvalue weighted by Crippen LogP contribution is 2.35. The van der Waals surface area contributed by atoms with E-state index in [9.17, 15) is 8.78 Å². The van der Waals surface area contributed by atoms with Gasteiger partial charge in [-0.1, -0.05) is 0 Å². The summed E-state index contributed by atoms with van der Waals surface area (Å²) in [6, 6.07) is 2.25. The van der Waals surface area contributed by atoms with Crippen molar-refractivity contribution < 1.29 is 13.9 Å². The van der Waals surface area contributed by atoms with Gasteiger partial charge in [0.1, 0.15) is 17.5 Å². The van der Waals surface area contributed by atoms with Gasteiger partial charge in [0.05, 0.1) is 23.9 Å². The van der Waals surface area contributed by atoms with E-state index in [1.807, 2.05) is 0 Å². The van der Waals surface area contributed by atoms with Crippen molar-refractivity contribution in [3.63, 3.8) is 0 Å². The zero-order chi connectivity index (χ0) is 15.7. The van der Waals surface area contributed by atoms with Crippen LogP contribution in [0, 0.1) is 11.6 Å². The first-order valence-corrected chi connectivity index (χ1v) is 7.46. The number of likely N-dealkylation sites (N-methyl/N-ethyl adjacent to an activating group) is 1. The minimum atomic E-state index is -0.622. The number of aliphatic hydroxyl groups is 1. The van der Waals surface area contributed by atoms with Crippen LogP contribution < -0.4 is 9.80 Å². The van der Waals surface area contributed by atoms with E-state index < -0.39 is 11.6 Å². The van der Waals surface area contributed by atoms with Crippen molar-refractivity contribution in [2.45, 2.75) is 12.8 Å². The zero-order valence-electron chi connectivity index (χ0n) is 12.5. The zero-order valence-corrected chi connectivity index (χ0v) is 12.5. The lowest BCUT2D eigenvalue weighted by atomic mass is 10.1. The molecule has 6 heteroatoms. The van der Waals surface area contributed by atoms with Crippen LogP contribution in [0.25, 0.3) is 10.8 Å². The second-order valence-electron chi connectivity index (χ2n) is 5.62. The number of fused-ring (bicyclic) bond motifs is 1. The molecular formula is C16H19F2N3O. The molecule has 1 aromatic heterocycles. The lowest BCUT2D eigenvalue weighted by molar-refractivity contribution is 0.304. The summed E-state index contributed by atoms with van der Waals surface area (Å²) in [6.45, 7) is 2.03. The molecule has 1 aliphatic rings. The molecule has 118 valence electrons. The fraction of sp³-hybridized carbons (Fsp3) is 0.438. The second-order valence-corrected chi connectivity index (χ2v) is 5.62. The van der Waals surface area contributed by atoms with E-state index >= 15 is 0 Å². The van der Waals surface area contributed by atoms with Crippen LogP contribution in [0.4, 0.5) is 20.3 Å². The van der Waals surface area contributed by atoms with Crippen molar-refractivity contribution in [3.8, 4) is 0 Å². The first kappa shape index (κ1) is 15.0. The average Bonchev–Trinajstić information content (AvgIpc) is 3.00. The molecule has 0 radical (unpaired) electrons. The summed E-state index contributed by atoms with van der Waals surface area (Å²) in [4.78, 5) is 8.16. The topological polar surface area (TPSA) is 39.6 Å². The quantitative estimate of drug-likeness (QED) is 0.942. The molecule has 2 heterocycles. The molecule has 0 atom stereocenters. The van der Waals surface area contributed by atoms with Crippen LogP contribution in [0.15, 0.2) is 18.3 Å². The third kappa shape index (κ3) is 2.59. The van der Waals surface area contributed by atoms with Gasteiger partial charge in [0.2, 0.25) is 0 Å². The van der Waals surface area contributed by atoms with E-state index in [2.05, 4.69) is 9.88 Å².